The molecule has 0 bridgehead atoms. The smallest absolute Gasteiger partial charge is 0.156 e. The highest BCUT2D eigenvalue weighted by Crippen LogP contribution is 2.64. The first-order valence-corrected chi connectivity index (χ1v) is 11.9. The molecule has 5 rings (SSSR count). The van der Waals surface area contributed by atoms with Crippen LogP contribution in [0.25, 0.3) is 0 Å². The van der Waals surface area contributed by atoms with E-state index in [-0.39, 0.29) is 5.41 Å². The number of ketones is 1. The van der Waals surface area contributed by atoms with Gasteiger partial charge in [-0.25, -0.2) is 0 Å². The lowest BCUT2D eigenvalue weighted by Gasteiger charge is -2.52. The zero-order chi connectivity index (χ0) is 21.6. The van der Waals surface area contributed by atoms with Crippen molar-refractivity contribution in [1.82, 2.24) is 0 Å². The summed E-state index contributed by atoms with van der Waals surface area (Å²) >= 11 is 0. The lowest BCUT2D eigenvalue weighted by atomic mass is 9.53. The number of rotatable bonds is 4. The molecule has 0 heterocycles. The van der Waals surface area contributed by atoms with E-state index < -0.39 is 0 Å². The third-order valence-electron chi connectivity index (χ3n) is 8.56. The minimum atomic E-state index is 0.187. The number of ether oxygens (including phenoxy) is 1. The average molecular weight is 420 g/mol. The Hall–Kier alpha value is -2.20. The van der Waals surface area contributed by atoms with Crippen molar-refractivity contribution in [1.29, 1.82) is 0 Å². The maximum Gasteiger partial charge on any atom is 0.156 e. The van der Waals surface area contributed by atoms with Gasteiger partial charge in [0.1, 0.15) is 0 Å². The van der Waals surface area contributed by atoms with Crippen molar-refractivity contribution in [2.24, 2.45) is 22.4 Å². The molecule has 1 N–H and O–H groups in total. The molecular weight excluding hydrogens is 386 g/mol. The Bertz CT molecular complexity index is 957. The number of fused-ring (bicyclic) bond motifs is 4. The molecule has 0 spiro atoms. The molecule has 1 aromatic rings. The summed E-state index contributed by atoms with van der Waals surface area (Å²) < 4.78 is 6.29. The van der Waals surface area contributed by atoms with Crippen LogP contribution in [0.3, 0.4) is 0 Å². The quantitative estimate of drug-likeness (QED) is 0.381. The standard InChI is InChI=1S/C27H33NO3/c1-3-31-25-13-12-24-22-10-8-19-14-20(29)9-11-21(19)26(22)23(15-27(24,25)2)18-6-4-17(5-7-18)16-28-30/h4-7,14,16,22-25,30H,3,8-13,15H2,1-2H3/b28-16+/t22?,23-,24?,25+,27+/m1/s1. The van der Waals surface area contributed by atoms with Crippen LogP contribution in [0.4, 0.5) is 0 Å². The number of hydrogen-bond acceptors (Lipinski definition) is 4. The van der Waals surface area contributed by atoms with E-state index in [2.05, 4.69) is 31.1 Å². The Kier molecular flexibility index (Phi) is 5.37. The van der Waals surface area contributed by atoms with Gasteiger partial charge in [0.05, 0.1) is 12.3 Å². The van der Waals surface area contributed by atoms with E-state index in [0.717, 1.165) is 44.3 Å². The molecule has 2 fully saturated rings. The van der Waals surface area contributed by atoms with Gasteiger partial charge in [0, 0.05) is 18.9 Å². The molecule has 2 unspecified atom stereocenters. The van der Waals surface area contributed by atoms with Crippen LogP contribution in [0.2, 0.25) is 0 Å². The molecule has 0 radical (unpaired) electrons. The monoisotopic (exact) mass is 419 g/mol. The van der Waals surface area contributed by atoms with Crippen LogP contribution in [-0.4, -0.2) is 29.9 Å². The average Bonchev–Trinajstić information content (AvgIpc) is 3.10. The molecule has 4 aliphatic carbocycles. The first kappa shape index (κ1) is 20.7. The molecule has 4 heteroatoms. The summed E-state index contributed by atoms with van der Waals surface area (Å²) in [7, 11) is 0. The van der Waals surface area contributed by atoms with E-state index >= 15 is 0 Å². The number of benzene rings is 1. The molecule has 2 saturated carbocycles. The normalized spacial score (nSPS) is 35.0. The van der Waals surface area contributed by atoms with Crippen molar-refractivity contribution in [2.75, 3.05) is 6.61 Å². The van der Waals surface area contributed by atoms with Gasteiger partial charge in [-0.1, -0.05) is 41.9 Å². The van der Waals surface area contributed by atoms with E-state index in [1.165, 1.54) is 29.3 Å². The van der Waals surface area contributed by atoms with Crippen molar-refractivity contribution in [3.63, 3.8) is 0 Å². The van der Waals surface area contributed by atoms with Gasteiger partial charge in [-0.2, -0.15) is 0 Å². The number of carbonyl (C=O) groups is 1. The third-order valence-corrected chi connectivity index (χ3v) is 8.56. The second-order valence-corrected chi connectivity index (χ2v) is 10.0. The van der Waals surface area contributed by atoms with Crippen molar-refractivity contribution < 1.29 is 14.7 Å². The molecule has 164 valence electrons. The maximum absolute atomic E-state index is 12.1. The highest BCUT2D eigenvalue weighted by Gasteiger charge is 2.57. The predicted molar refractivity (Wildman–Crippen MR) is 121 cm³/mol. The van der Waals surface area contributed by atoms with E-state index in [1.54, 1.807) is 5.57 Å². The second-order valence-electron chi connectivity index (χ2n) is 10.0. The van der Waals surface area contributed by atoms with Crippen molar-refractivity contribution in [3.05, 3.63) is 58.2 Å². The molecule has 0 amide bonds. The van der Waals surface area contributed by atoms with Crippen molar-refractivity contribution >= 4 is 12.0 Å². The molecular formula is C27H33NO3. The highest BCUT2D eigenvalue weighted by molar-refractivity contribution is 5.93. The maximum atomic E-state index is 12.1. The van der Waals surface area contributed by atoms with Gasteiger partial charge in [0.15, 0.2) is 5.78 Å². The van der Waals surface area contributed by atoms with Gasteiger partial charge in [0.2, 0.25) is 0 Å². The van der Waals surface area contributed by atoms with Crippen LogP contribution in [0.5, 0.6) is 0 Å². The van der Waals surface area contributed by atoms with Gasteiger partial charge in [-0.05, 0) is 91.0 Å². The SMILES string of the molecule is CCO[C@H]1CCC2C3CCC4=CC(=O)CCC4=C3[C@@H](c3ccc(/C=N/O)cc3)C[C@@]21C. The van der Waals surface area contributed by atoms with E-state index in [0.29, 0.717) is 36.1 Å². The van der Waals surface area contributed by atoms with E-state index in [9.17, 15) is 4.79 Å². The van der Waals surface area contributed by atoms with E-state index in [1.807, 2.05) is 18.2 Å². The third kappa shape index (κ3) is 3.40. The van der Waals surface area contributed by atoms with Crippen molar-refractivity contribution in [3.8, 4) is 0 Å². The summed E-state index contributed by atoms with van der Waals surface area (Å²) in [6.07, 6.45) is 11.0. The Balaban J connectivity index is 1.62. The summed E-state index contributed by atoms with van der Waals surface area (Å²) in [6.45, 7) is 5.37. The largest absolute Gasteiger partial charge is 0.411 e. The van der Waals surface area contributed by atoms with Crippen LogP contribution >= 0.6 is 0 Å². The summed E-state index contributed by atoms with van der Waals surface area (Å²) in [5, 5.41) is 12.0. The van der Waals surface area contributed by atoms with Gasteiger partial charge >= 0.3 is 0 Å². The lowest BCUT2D eigenvalue weighted by molar-refractivity contribution is -0.114. The number of oxime groups is 1. The van der Waals surface area contributed by atoms with Crippen LogP contribution in [0.1, 0.15) is 75.8 Å². The van der Waals surface area contributed by atoms with Gasteiger partial charge in [-0.15, -0.1) is 0 Å². The first-order chi connectivity index (χ1) is 15.0. The molecule has 0 saturated heterocycles. The Morgan fingerprint density at radius 2 is 1.97 bits per heavy atom. The van der Waals surface area contributed by atoms with Gasteiger partial charge in [-0.3, -0.25) is 4.79 Å². The predicted octanol–water partition coefficient (Wildman–Crippen LogP) is 5.80. The van der Waals surface area contributed by atoms with Crippen molar-refractivity contribution in [2.45, 2.75) is 70.8 Å². The lowest BCUT2D eigenvalue weighted by Crippen LogP contribution is -2.45. The molecule has 4 aliphatic rings. The zero-order valence-corrected chi connectivity index (χ0v) is 18.6. The van der Waals surface area contributed by atoms with E-state index in [4.69, 9.17) is 9.94 Å². The fraction of sp³-hybridized carbons (Fsp3) is 0.556. The number of nitrogens with zero attached hydrogens (tertiary/aromatic N) is 1. The minimum Gasteiger partial charge on any atom is -0.411 e. The minimum absolute atomic E-state index is 0.187. The van der Waals surface area contributed by atoms with Crippen LogP contribution in [0, 0.1) is 17.3 Å². The molecule has 5 atom stereocenters. The molecule has 31 heavy (non-hydrogen) atoms. The Morgan fingerprint density at radius 3 is 2.71 bits per heavy atom. The van der Waals surface area contributed by atoms with Crippen LogP contribution in [-0.2, 0) is 9.53 Å². The Labute approximate surface area is 185 Å². The fourth-order valence-electron chi connectivity index (χ4n) is 7.27. The summed E-state index contributed by atoms with van der Waals surface area (Å²) in [5.74, 6) is 1.91. The van der Waals surface area contributed by atoms with Gasteiger partial charge in [0.25, 0.3) is 0 Å². The number of carbonyl (C=O) groups excluding carboxylic acids is 1. The Morgan fingerprint density at radius 1 is 1.16 bits per heavy atom. The highest BCUT2D eigenvalue weighted by atomic mass is 16.5. The van der Waals surface area contributed by atoms with Crippen LogP contribution in [0.15, 0.2) is 52.2 Å². The molecule has 1 aromatic carbocycles. The molecule has 0 aromatic heterocycles. The molecule has 0 aliphatic heterocycles. The molecule has 4 nitrogen and oxygen atoms in total. The number of hydrogen-bond donors (Lipinski definition) is 1. The summed E-state index contributed by atoms with van der Waals surface area (Å²) in [5.41, 5.74) is 6.84. The van der Waals surface area contributed by atoms with Gasteiger partial charge < -0.3 is 9.94 Å². The zero-order valence-electron chi connectivity index (χ0n) is 18.6. The first-order valence-electron chi connectivity index (χ1n) is 11.9. The summed E-state index contributed by atoms with van der Waals surface area (Å²) in [4.78, 5) is 12.1. The fourth-order valence-corrected chi connectivity index (χ4v) is 7.27. The summed E-state index contributed by atoms with van der Waals surface area (Å²) in [6, 6.07) is 8.49. The topological polar surface area (TPSA) is 58.9 Å². The number of allylic oxidation sites excluding steroid dienone is 4. The van der Waals surface area contributed by atoms with Crippen LogP contribution < -0.4 is 0 Å². The second kappa shape index (κ2) is 8.05.